The van der Waals surface area contributed by atoms with E-state index in [1.165, 1.54) is 4.90 Å². The van der Waals surface area contributed by atoms with Crippen LogP contribution in [0.25, 0.3) is 0 Å². The van der Waals surface area contributed by atoms with Gasteiger partial charge in [0.25, 0.3) is 0 Å². The number of imide groups is 1. The topological polar surface area (TPSA) is 78.0 Å². The van der Waals surface area contributed by atoms with Crippen molar-refractivity contribution in [3.05, 3.63) is 0 Å². The highest BCUT2D eigenvalue weighted by molar-refractivity contribution is 7.82. The Bertz CT molecular complexity index is 872. The summed E-state index contributed by atoms with van der Waals surface area (Å²) in [5.74, 6) is 0.633. The summed E-state index contributed by atoms with van der Waals surface area (Å²) in [6.07, 6.45) is 7.61. The van der Waals surface area contributed by atoms with Gasteiger partial charge in [-0.15, -0.1) is 0 Å². The maximum absolute atomic E-state index is 12.4. The molecule has 1 unspecified atom stereocenters. The number of amides is 3. The van der Waals surface area contributed by atoms with Crippen LogP contribution < -0.4 is 0 Å². The first-order chi connectivity index (χ1) is 18.2. The first-order valence-corrected chi connectivity index (χ1v) is 15.5. The molecule has 2 saturated heterocycles. The van der Waals surface area contributed by atoms with Crippen LogP contribution in [0.2, 0.25) is 0 Å². The minimum absolute atomic E-state index is 0.0194. The summed E-state index contributed by atoms with van der Waals surface area (Å²) in [5.41, 5.74) is -0.229. The number of ketones is 2. The fourth-order valence-corrected chi connectivity index (χ4v) is 6.35. The number of hydrogen-bond donors (Lipinski definition) is 0. The molecule has 0 N–H and O–H groups in total. The molecule has 0 aromatic carbocycles. The molecule has 0 aromatic heterocycles. The molecule has 0 radical (unpaired) electrons. The van der Waals surface area contributed by atoms with Gasteiger partial charge in [0.05, 0.1) is 9.98 Å². The molecule has 1 atom stereocenters. The molecular formula is C30H49N3O4S2. The molecule has 39 heavy (non-hydrogen) atoms. The maximum atomic E-state index is 12.4. The smallest absolute Gasteiger partial charge is 0.327 e. The molecule has 2 rings (SSSR count). The predicted molar refractivity (Wildman–Crippen MR) is 164 cm³/mol. The summed E-state index contributed by atoms with van der Waals surface area (Å²) in [5, 5.41) is 0. The van der Waals surface area contributed by atoms with Crippen molar-refractivity contribution in [2.24, 2.45) is 16.7 Å². The van der Waals surface area contributed by atoms with E-state index in [9.17, 15) is 19.2 Å². The van der Waals surface area contributed by atoms with E-state index in [0.29, 0.717) is 57.5 Å². The van der Waals surface area contributed by atoms with Crippen molar-refractivity contribution in [1.82, 2.24) is 14.7 Å². The van der Waals surface area contributed by atoms with Gasteiger partial charge < -0.3 is 9.80 Å². The number of likely N-dealkylation sites (tertiary alicyclic amines) is 1. The number of nitrogens with zero attached hydrogens (tertiary/aromatic N) is 3. The van der Waals surface area contributed by atoms with Crippen molar-refractivity contribution >= 4 is 57.9 Å². The van der Waals surface area contributed by atoms with Gasteiger partial charge in [-0.05, 0) is 56.3 Å². The molecule has 220 valence electrons. The van der Waals surface area contributed by atoms with E-state index < -0.39 is 0 Å². The van der Waals surface area contributed by atoms with E-state index in [1.807, 2.05) is 20.8 Å². The van der Waals surface area contributed by atoms with Crippen molar-refractivity contribution in [2.45, 2.75) is 112 Å². The SMILES string of the molecule is CCC1CC(=S)N(CC(C)(C)CCCC(=O)CCCC(=O)CCCC(C)(C)CN2C(=O)CN(CC)C2=O)C1=S. The van der Waals surface area contributed by atoms with Crippen molar-refractivity contribution in [1.29, 1.82) is 0 Å². The third-order valence-electron chi connectivity index (χ3n) is 8.04. The zero-order valence-electron chi connectivity index (χ0n) is 25.0. The lowest BCUT2D eigenvalue weighted by Gasteiger charge is -2.31. The van der Waals surface area contributed by atoms with Crippen molar-refractivity contribution in [3.63, 3.8) is 0 Å². The molecule has 2 aliphatic rings. The highest BCUT2D eigenvalue weighted by Crippen LogP contribution is 2.32. The summed E-state index contributed by atoms with van der Waals surface area (Å²) in [4.78, 5) is 56.3. The molecule has 2 aliphatic heterocycles. The van der Waals surface area contributed by atoms with E-state index in [4.69, 9.17) is 24.4 Å². The van der Waals surface area contributed by atoms with E-state index in [-0.39, 0.29) is 40.9 Å². The lowest BCUT2D eigenvalue weighted by Crippen LogP contribution is -2.39. The molecule has 2 fully saturated rings. The minimum atomic E-state index is -0.249. The number of hydrogen-bond acceptors (Lipinski definition) is 6. The van der Waals surface area contributed by atoms with E-state index in [1.54, 1.807) is 4.90 Å². The molecule has 0 saturated carbocycles. The third-order valence-corrected chi connectivity index (χ3v) is 8.98. The third kappa shape index (κ3) is 10.3. The normalized spacial score (nSPS) is 18.6. The molecule has 0 aromatic rings. The molecule has 0 spiro atoms. The van der Waals surface area contributed by atoms with Crippen LogP contribution in [0.5, 0.6) is 0 Å². The highest BCUT2D eigenvalue weighted by Gasteiger charge is 2.38. The van der Waals surface area contributed by atoms with Crippen LogP contribution in [0.3, 0.4) is 0 Å². The zero-order valence-corrected chi connectivity index (χ0v) is 26.6. The Morgan fingerprint density at radius 2 is 1.31 bits per heavy atom. The fraction of sp³-hybridized carbons (Fsp3) is 0.800. The number of urea groups is 1. The van der Waals surface area contributed by atoms with Crippen molar-refractivity contribution in [2.75, 3.05) is 26.2 Å². The molecule has 3 amide bonds. The summed E-state index contributed by atoms with van der Waals surface area (Å²) in [6.45, 7) is 14.4. The molecule has 0 bridgehead atoms. The Morgan fingerprint density at radius 3 is 1.74 bits per heavy atom. The van der Waals surface area contributed by atoms with Crippen molar-refractivity contribution in [3.8, 4) is 0 Å². The van der Waals surface area contributed by atoms with Crippen LogP contribution in [-0.2, 0) is 14.4 Å². The average Bonchev–Trinajstić information content (AvgIpc) is 3.27. The van der Waals surface area contributed by atoms with Crippen LogP contribution in [-0.4, -0.2) is 74.4 Å². The average molecular weight is 580 g/mol. The van der Waals surface area contributed by atoms with Gasteiger partial charge in [-0.2, -0.15) is 0 Å². The minimum Gasteiger partial charge on any atom is -0.330 e. The molecule has 9 heteroatoms. The van der Waals surface area contributed by atoms with E-state index in [2.05, 4.69) is 25.7 Å². The molecule has 7 nitrogen and oxygen atoms in total. The van der Waals surface area contributed by atoms with E-state index >= 15 is 0 Å². The lowest BCUT2D eigenvalue weighted by molar-refractivity contribution is -0.126. The number of likely N-dealkylation sites (N-methyl/N-ethyl adjacent to an activating group) is 1. The Kier molecular flexibility index (Phi) is 12.7. The first-order valence-electron chi connectivity index (χ1n) is 14.7. The molecule has 2 heterocycles. The van der Waals surface area contributed by atoms with Gasteiger partial charge in [0, 0.05) is 57.7 Å². The number of thiocarbonyl (C=S) groups is 2. The van der Waals surface area contributed by atoms with Gasteiger partial charge in [0.1, 0.15) is 18.1 Å². The fourth-order valence-electron chi connectivity index (χ4n) is 5.51. The second kappa shape index (κ2) is 14.8. The van der Waals surface area contributed by atoms with E-state index in [0.717, 1.165) is 48.6 Å². The van der Waals surface area contributed by atoms with Gasteiger partial charge in [-0.25, -0.2) is 4.79 Å². The summed E-state index contributed by atoms with van der Waals surface area (Å²) in [6, 6.07) is -0.218. The Balaban J connectivity index is 1.60. The van der Waals surface area contributed by atoms with Crippen LogP contribution in [0, 0.1) is 16.7 Å². The van der Waals surface area contributed by atoms with Gasteiger partial charge in [0.2, 0.25) is 5.91 Å². The second-order valence-corrected chi connectivity index (χ2v) is 13.8. The summed E-state index contributed by atoms with van der Waals surface area (Å²) >= 11 is 11.2. The summed E-state index contributed by atoms with van der Waals surface area (Å²) < 4.78 is 0. The number of Topliss-reactive ketones (excluding diaryl/α,β-unsaturated/α-hetero) is 2. The number of carbonyl (C=O) groups is 4. The van der Waals surface area contributed by atoms with Crippen LogP contribution in [0.15, 0.2) is 0 Å². The van der Waals surface area contributed by atoms with Crippen LogP contribution >= 0.6 is 24.4 Å². The zero-order chi connectivity index (χ0) is 29.4. The predicted octanol–water partition coefficient (Wildman–Crippen LogP) is 6.36. The maximum Gasteiger partial charge on any atom is 0.327 e. The van der Waals surface area contributed by atoms with Gasteiger partial charge in [0.15, 0.2) is 0 Å². The monoisotopic (exact) mass is 579 g/mol. The number of carbonyl (C=O) groups excluding carboxylic acids is 4. The van der Waals surface area contributed by atoms with Crippen LogP contribution in [0.1, 0.15) is 112 Å². The van der Waals surface area contributed by atoms with Gasteiger partial charge >= 0.3 is 6.03 Å². The quantitative estimate of drug-likeness (QED) is 0.138. The first kappa shape index (κ1) is 33.5. The Hall–Kier alpha value is -1.74. The second-order valence-electron chi connectivity index (χ2n) is 12.9. The van der Waals surface area contributed by atoms with Crippen molar-refractivity contribution < 1.29 is 19.2 Å². The Labute approximate surface area is 246 Å². The largest absolute Gasteiger partial charge is 0.330 e. The Morgan fingerprint density at radius 1 is 0.821 bits per heavy atom. The molecule has 0 aliphatic carbocycles. The lowest BCUT2D eigenvalue weighted by atomic mass is 9.85. The summed E-state index contributed by atoms with van der Waals surface area (Å²) in [7, 11) is 0. The number of rotatable bonds is 18. The van der Waals surface area contributed by atoms with Crippen LogP contribution in [0.4, 0.5) is 4.79 Å². The van der Waals surface area contributed by atoms with Gasteiger partial charge in [-0.1, -0.05) is 59.1 Å². The molecular weight excluding hydrogens is 530 g/mol. The van der Waals surface area contributed by atoms with Gasteiger partial charge in [-0.3, -0.25) is 19.3 Å². The standard InChI is InChI=1S/C30H49N3O4S2/c1-7-22-18-26(38)33(27(22)39)21-30(5,6)17-11-15-24(35)13-9-12-23(34)14-10-16-29(3,4)20-32-25(36)19-31(8-2)28(32)37/h22H,7-21H2,1-6H3. The highest BCUT2D eigenvalue weighted by atomic mass is 32.1.